The van der Waals surface area contributed by atoms with E-state index in [-0.39, 0.29) is 18.3 Å². The van der Waals surface area contributed by atoms with Gasteiger partial charge in [0.1, 0.15) is 12.4 Å². The van der Waals surface area contributed by atoms with Crippen LogP contribution in [0.2, 0.25) is 10.0 Å². The fourth-order valence-corrected chi connectivity index (χ4v) is 3.64. The molecular weight excluding hydrogens is 443 g/mol. The van der Waals surface area contributed by atoms with Crippen molar-refractivity contribution in [2.45, 2.75) is 25.2 Å². The number of aromatic nitrogens is 3. The third-order valence-electron chi connectivity index (χ3n) is 4.02. The Morgan fingerprint density at radius 3 is 2.73 bits per heavy atom. The number of allylic oxidation sites excluding steroid dienone is 1. The SMILES string of the molecule is C=CCn1c(COc2cc(Cl)ccc2Cl)nnc1SCC(=O)Nc1ccc(C)cc1. The summed E-state index contributed by atoms with van der Waals surface area (Å²) in [6.45, 7) is 6.40. The Hall–Kier alpha value is -2.48. The lowest BCUT2D eigenvalue weighted by atomic mass is 10.2. The van der Waals surface area contributed by atoms with Crippen molar-refractivity contribution in [3.8, 4) is 5.75 Å². The molecule has 0 fully saturated rings. The third-order valence-corrected chi connectivity index (χ3v) is 5.54. The molecule has 1 aromatic heterocycles. The highest BCUT2D eigenvalue weighted by Crippen LogP contribution is 2.28. The van der Waals surface area contributed by atoms with Gasteiger partial charge in [0.2, 0.25) is 5.91 Å². The quantitative estimate of drug-likeness (QED) is 0.341. The number of hydrogen-bond acceptors (Lipinski definition) is 5. The van der Waals surface area contributed by atoms with Crippen LogP contribution in [0.3, 0.4) is 0 Å². The van der Waals surface area contributed by atoms with Gasteiger partial charge in [-0.3, -0.25) is 9.36 Å². The summed E-state index contributed by atoms with van der Waals surface area (Å²) in [6.07, 6.45) is 1.73. The van der Waals surface area contributed by atoms with Crippen LogP contribution in [0, 0.1) is 6.92 Å². The highest BCUT2D eigenvalue weighted by atomic mass is 35.5. The summed E-state index contributed by atoms with van der Waals surface area (Å²) >= 11 is 13.4. The van der Waals surface area contributed by atoms with Crippen LogP contribution in [0.1, 0.15) is 11.4 Å². The van der Waals surface area contributed by atoms with Gasteiger partial charge < -0.3 is 10.1 Å². The van der Waals surface area contributed by atoms with Crippen molar-refractivity contribution in [1.82, 2.24) is 14.8 Å². The van der Waals surface area contributed by atoms with Gasteiger partial charge >= 0.3 is 0 Å². The van der Waals surface area contributed by atoms with Crippen molar-refractivity contribution in [2.75, 3.05) is 11.1 Å². The number of carbonyl (C=O) groups is 1. The Morgan fingerprint density at radius 2 is 2.00 bits per heavy atom. The number of thioether (sulfide) groups is 1. The van der Waals surface area contributed by atoms with Gasteiger partial charge in [0.05, 0.1) is 10.8 Å². The number of hydrogen-bond donors (Lipinski definition) is 1. The highest BCUT2D eigenvalue weighted by Gasteiger charge is 2.15. The molecule has 3 rings (SSSR count). The highest BCUT2D eigenvalue weighted by molar-refractivity contribution is 7.99. The first kappa shape index (κ1) is 22.2. The van der Waals surface area contributed by atoms with Gasteiger partial charge in [0, 0.05) is 23.3 Å². The van der Waals surface area contributed by atoms with E-state index >= 15 is 0 Å². The number of ether oxygens (including phenoxy) is 1. The lowest BCUT2D eigenvalue weighted by Crippen LogP contribution is -2.15. The second-order valence-corrected chi connectivity index (χ2v) is 8.15. The van der Waals surface area contributed by atoms with E-state index in [0.29, 0.717) is 33.3 Å². The van der Waals surface area contributed by atoms with Gasteiger partial charge in [-0.2, -0.15) is 0 Å². The number of amides is 1. The zero-order chi connectivity index (χ0) is 21.5. The minimum atomic E-state index is -0.125. The van der Waals surface area contributed by atoms with Crippen LogP contribution in [0.4, 0.5) is 5.69 Å². The van der Waals surface area contributed by atoms with Crippen molar-refractivity contribution < 1.29 is 9.53 Å². The molecule has 1 heterocycles. The summed E-state index contributed by atoms with van der Waals surface area (Å²) in [5, 5.41) is 12.8. The van der Waals surface area contributed by atoms with Crippen molar-refractivity contribution in [3.63, 3.8) is 0 Å². The molecule has 1 amide bonds. The molecule has 0 aliphatic rings. The van der Waals surface area contributed by atoms with E-state index in [2.05, 4.69) is 22.1 Å². The first-order valence-corrected chi connectivity index (χ1v) is 10.8. The maximum absolute atomic E-state index is 12.3. The maximum atomic E-state index is 12.3. The van der Waals surface area contributed by atoms with Crippen LogP contribution >= 0.6 is 35.0 Å². The van der Waals surface area contributed by atoms with E-state index in [0.717, 1.165) is 11.3 Å². The Labute approximate surface area is 189 Å². The van der Waals surface area contributed by atoms with Gasteiger partial charge in [-0.25, -0.2) is 0 Å². The first-order chi connectivity index (χ1) is 14.5. The normalized spacial score (nSPS) is 10.6. The molecule has 0 atom stereocenters. The van der Waals surface area contributed by atoms with Crippen molar-refractivity contribution >= 4 is 46.6 Å². The first-order valence-electron chi connectivity index (χ1n) is 9.06. The third kappa shape index (κ3) is 6.01. The number of carbonyl (C=O) groups excluding carboxylic acids is 1. The molecule has 3 aromatic rings. The van der Waals surface area contributed by atoms with Crippen molar-refractivity contribution in [3.05, 3.63) is 76.6 Å². The molecule has 1 N–H and O–H groups in total. The molecular formula is C21H20Cl2N4O2S. The van der Waals surface area contributed by atoms with Gasteiger partial charge in [0.15, 0.2) is 11.0 Å². The minimum absolute atomic E-state index is 0.125. The monoisotopic (exact) mass is 462 g/mol. The molecule has 0 unspecified atom stereocenters. The van der Waals surface area contributed by atoms with E-state index in [9.17, 15) is 4.79 Å². The predicted molar refractivity (Wildman–Crippen MR) is 122 cm³/mol. The van der Waals surface area contributed by atoms with E-state index < -0.39 is 0 Å². The molecule has 156 valence electrons. The lowest BCUT2D eigenvalue weighted by Gasteiger charge is -2.10. The van der Waals surface area contributed by atoms with Crippen molar-refractivity contribution in [2.24, 2.45) is 0 Å². The van der Waals surface area contributed by atoms with E-state index in [4.69, 9.17) is 27.9 Å². The largest absolute Gasteiger partial charge is 0.484 e. The standard InChI is InChI=1S/C21H20Cl2N4O2S/c1-3-10-27-19(12-29-18-11-15(22)6-9-17(18)23)25-26-21(27)30-13-20(28)24-16-7-4-14(2)5-8-16/h3-9,11H,1,10,12-13H2,2H3,(H,24,28). The summed E-state index contributed by atoms with van der Waals surface area (Å²) in [5.41, 5.74) is 1.89. The number of benzene rings is 2. The van der Waals surface area contributed by atoms with E-state index in [1.54, 1.807) is 24.3 Å². The topological polar surface area (TPSA) is 69.0 Å². The number of aryl methyl sites for hydroxylation is 1. The fraction of sp³-hybridized carbons (Fsp3) is 0.190. The number of anilines is 1. The van der Waals surface area contributed by atoms with Crippen molar-refractivity contribution in [1.29, 1.82) is 0 Å². The molecule has 9 heteroatoms. The summed E-state index contributed by atoms with van der Waals surface area (Å²) in [7, 11) is 0. The molecule has 0 bridgehead atoms. The number of nitrogens with one attached hydrogen (secondary N) is 1. The Kier molecular flexibility index (Phi) is 7.79. The second kappa shape index (κ2) is 10.5. The van der Waals surface area contributed by atoms with E-state index in [1.165, 1.54) is 11.8 Å². The molecule has 0 spiro atoms. The predicted octanol–water partition coefficient (Wildman–Crippen LogP) is 5.39. The van der Waals surface area contributed by atoms with Gasteiger partial charge in [0.25, 0.3) is 0 Å². The van der Waals surface area contributed by atoms with Gasteiger partial charge in [-0.05, 0) is 31.2 Å². The zero-order valence-corrected chi connectivity index (χ0v) is 18.6. The second-order valence-electron chi connectivity index (χ2n) is 6.36. The molecule has 0 aliphatic carbocycles. The van der Waals surface area contributed by atoms with Crippen LogP contribution in [0.25, 0.3) is 0 Å². The molecule has 0 radical (unpaired) electrons. The average molecular weight is 463 g/mol. The lowest BCUT2D eigenvalue weighted by molar-refractivity contribution is -0.113. The van der Waals surface area contributed by atoms with Crippen LogP contribution in [-0.2, 0) is 17.9 Å². The Balaban J connectivity index is 1.63. The summed E-state index contributed by atoms with van der Waals surface area (Å²) in [5.74, 6) is 1.13. The average Bonchev–Trinajstić information content (AvgIpc) is 3.11. The fourth-order valence-electron chi connectivity index (χ4n) is 2.54. The van der Waals surface area contributed by atoms with Crippen LogP contribution in [0.15, 0.2) is 60.3 Å². The maximum Gasteiger partial charge on any atom is 0.234 e. The molecule has 0 aliphatic heterocycles. The zero-order valence-electron chi connectivity index (χ0n) is 16.3. The van der Waals surface area contributed by atoms with Gasteiger partial charge in [-0.1, -0.05) is 58.7 Å². The molecule has 30 heavy (non-hydrogen) atoms. The Morgan fingerprint density at radius 1 is 1.23 bits per heavy atom. The number of nitrogens with zero attached hydrogens (tertiary/aromatic N) is 3. The molecule has 0 saturated heterocycles. The summed E-state index contributed by atoms with van der Waals surface area (Å²) in [6, 6.07) is 12.6. The smallest absolute Gasteiger partial charge is 0.234 e. The number of halogens is 2. The summed E-state index contributed by atoms with van der Waals surface area (Å²) in [4.78, 5) is 12.3. The molecule has 0 saturated carbocycles. The number of rotatable bonds is 9. The van der Waals surface area contributed by atoms with Crippen LogP contribution in [0.5, 0.6) is 5.75 Å². The molecule has 6 nitrogen and oxygen atoms in total. The molecule has 2 aromatic carbocycles. The summed E-state index contributed by atoms with van der Waals surface area (Å²) < 4.78 is 7.60. The Bertz CT molecular complexity index is 1040. The van der Waals surface area contributed by atoms with Gasteiger partial charge in [-0.15, -0.1) is 16.8 Å². The minimum Gasteiger partial charge on any atom is -0.484 e. The van der Waals surface area contributed by atoms with E-state index in [1.807, 2.05) is 35.8 Å². The van der Waals surface area contributed by atoms with Crippen LogP contribution in [-0.4, -0.2) is 26.4 Å². The van der Waals surface area contributed by atoms with Crippen LogP contribution < -0.4 is 10.1 Å².